The zero-order chi connectivity index (χ0) is 21.8. The number of fused-ring (bicyclic) bond motifs is 1. The van der Waals surface area contributed by atoms with Crippen LogP contribution < -0.4 is 14.8 Å². The average Bonchev–Trinajstić information content (AvgIpc) is 2.70. The molecule has 0 radical (unpaired) electrons. The van der Waals surface area contributed by atoms with Crippen molar-refractivity contribution in [2.75, 3.05) is 12.4 Å². The lowest BCUT2D eigenvalue weighted by Gasteiger charge is -2.20. The van der Waals surface area contributed by atoms with Gasteiger partial charge in [0.15, 0.2) is 11.5 Å². The maximum atomic E-state index is 10.9. The summed E-state index contributed by atoms with van der Waals surface area (Å²) in [6.45, 7) is 3.89. The van der Waals surface area contributed by atoms with Crippen molar-refractivity contribution < 1.29 is 19.4 Å². The number of rotatable bonds is 8. The predicted octanol–water partition coefficient (Wildman–Crippen LogP) is 6.32. The van der Waals surface area contributed by atoms with Crippen molar-refractivity contribution in [3.63, 3.8) is 0 Å². The SMILES string of the molecule is COc1cc(NC(C)CCC(=O)O)c2nccc(C)c2c1Oc1ccc(Cl)c(Cl)c1. The summed E-state index contributed by atoms with van der Waals surface area (Å²) in [6.07, 6.45) is 2.28. The first-order valence-electron chi connectivity index (χ1n) is 9.37. The first kappa shape index (κ1) is 22.0. The van der Waals surface area contributed by atoms with Crippen molar-refractivity contribution in [2.24, 2.45) is 0 Å². The smallest absolute Gasteiger partial charge is 0.303 e. The summed E-state index contributed by atoms with van der Waals surface area (Å²) >= 11 is 12.1. The lowest BCUT2D eigenvalue weighted by Crippen LogP contribution is -2.17. The summed E-state index contributed by atoms with van der Waals surface area (Å²) in [5.74, 6) is 0.714. The number of aryl methyl sites for hydroxylation is 1. The minimum atomic E-state index is -0.828. The molecule has 0 saturated heterocycles. The number of hydrogen-bond acceptors (Lipinski definition) is 5. The van der Waals surface area contributed by atoms with E-state index in [1.54, 1.807) is 37.6 Å². The number of carboxylic acid groups (broad SMARTS) is 1. The van der Waals surface area contributed by atoms with E-state index in [2.05, 4.69) is 10.3 Å². The van der Waals surface area contributed by atoms with Crippen LogP contribution in [0.25, 0.3) is 10.9 Å². The van der Waals surface area contributed by atoms with Crippen LogP contribution in [0, 0.1) is 6.92 Å². The Morgan fingerprint density at radius 2 is 2.00 bits per heavy atom. The van der Waals surface area contributed by atoms with Crippen LogP contribution in [0.3, 0.4) is 0 Å². The van der Waals surface area contributed by atoms with Gasteiger partial charge in [0.25, 0.3) is 0 Å². The van der Waals surface area contributed by atoms with Gasteiger partial charge in [-0.25, -0.2) is 0 Å². The van der Waals surface area contributed by atoms with Crippen LogP contribution in [0.4, 0.5) is 5.69 Å². The van der Waals surface area contributed by atoms with Gasteiger partial charge in [-0.15, -0.1) is 0 Å². The number of hydrogen-bond donors (Lipinski definition) is 2. The number of pyridine rings is 1. The van der Waals surface area contributed by atoms with Crippen LogP contribution >= 0.6 is 23.2 Å². The van der Waals surface area contributed by atoms with Gasteiger partial charge < -0.3 is 19.9 Å². The van der Waals surface area contributed by atoms with E-state index < -0.39 is 5.97 Å². The van der Waals surface area contributed by atoms with Gasteiger partial charge in [-0.1, -0.05) is 23.2 Å². The van der Waals surface area contributed by atoms with E-state index in [0.717, 1.165) is 16.6 Å². The van der Waals surface area contributed by atoms with Crippen LogP contribution in [0.2, 0.25) is 10.0 Å². The van der Waals surface area contributed by atoms with Gasteiger partial charge in [-0.3, -0.25) is 9.78 Å². The second kappa shape index (κ2) is 9.41. The number of nitrogens with zero attached hydrogens (tertiary/aromatic N) is 1. The lowest BCUT2D eigenvalue weighted by atomic mass is 10.1. The molecule has 3 aromatic rings. The minimum absolute atomic E-state index is 0.0711. The third kappa shape index (κ3) is 4.89. The molecular formula is C22H22Cl2N2O4. The normalized spacial score (nSPS) is 11.9. The molecule has 6 nitrogen and oxygen atoms in total. The molecule has 0 aliphatic carbocycles. The zero-order valence-electron chi connectivity index (χ0n) is 16.8. The number of nitrogens with one attached hydrogen (secondary N) is 1. The third-order valence-electron chi connectivity index (χ3n) is 4.66. The highest BCUT2D eigenvalue weighted by atomic mass is 35.5. The van der Waals surface area contributed by atoms with Gasteiger partial charge in [-0.05, 0) is 44.0 Å². The predicted molar refractivity (Wildman–Crippen MR) is 120 cm³/mol. The zero-order valence-corrected chi connectivity index (χ0v) is 18.3. The quantitative estimate of drug-likeness (QED) is 0.419. The number of halogens is 2. The number of ether oxygens (including phenoxy) is 2. The Labute approximate surface area is 184 Å². The van der Waals surface area contributed by atoms with Gasteiger partial charge in [-0.2, -0.15) is 0 Å². The van der Waals surface area contributed by atoms with Crippen LogP contribution in [0.1, 0.15) is 25.3 Å². The molecule has 0 fully saturated rings. The summed E-state index contributed by atoms with van der Waals surface area (Å²) in [6, 6.07) is 8.66. The van der Waals surface area contributed by atoms with Crippen LogP contribution in [0.15, 0.2) is 36.5 Å². The molecule has 3 rings (SSSR count). The second-order valence-electron chi connectivity index (χ2n) is 6.96. The molecule has 2 N–H and O–H groups in total. The molecule has 0 aliphatic rings. The lowest BCUT2D eigenvalue weighted by molar-refractivity contribution is -0.137. The van der Waals surface area contributed by atoms with E-state index in [1.165, 1.54) is 0 Å². The molecular weight excluding hydrogens is 427 g/mol. The maximum Gasteiger partial charge on any atom is 0.303 e. The summed E-state index contributed by atoms with van der Waals surface area (Å²) < 4.78 is 11.8. The average molecular weight is 449 g/mol. The fourth-order valence-corrected chi connectivity index (χ4v) is 3.42. The van der Waals surface area contributed by atoms with Gasteiger partial charge in [0.2, 0.25) is 0 Å². The van der Waals surface area contributed by atoms with E-state index >= 15 is 0 Å². The van der Waals surface area contributed by atoms with Crippen molar-refractivity contribution in [1.29, 1.82) is 0 Å². The molecule has 0 saturated carbocycles. The Bertz CT molecular complexity index is 1090. The number of carbonyl (C=O) groups is 1. The van der Waals surface area contributed by atoms with Crippen LogP contribution in [-0.4, -0.2) is 29.2 Å². The molecule has 30 heavy (non-hydrogen) atoms. The molecule has 158 valence electrons. The first-order valence-corrected chi connectivity index (χ1v) is 10.1. The van der Waals surface area contributed by atoms with Gasteiger partial charge in [0.1, 0.15) is 5.75 Å². The Kier molecular flexibility index (Phi) is 6.90. The number of anilines is 1. The van der Waals surface area contributed by atoms with Crippen molar-refractivity contribution >= 4 is 45.8 Å². The number of benzene rings is 2. The molecule has 1 unspecified atom stereocenters. The standard InChI is InChI=1S/C22H22Cl2N2O4/c1-12-8-9-25-21-17(26-13(2)4-7-19(27)28)11-18(29-3)22(20(12)21)30-14-5-6-15(23)16(24)10-14/h5-6,8-11,13,26H,4,7H2,1-3H3,(H,27,28). The molecule has 0 amide bonds. The van der Waals surface area contributed by atoms with E-state index in [1.807, 2.05) is 19.9 Å². The Morgan fingerprint density at radius 1 is 1.23 bits per heavy atom. The van der Waals surface area contributed by atoms with Gasteiger partial charge in [0.05, 0.1) is 33.7 Å². The van der Waals surface area contributed by atoms with Crippen molar-refractivity contribution in [3.05, 3.63) is 52.1 Å². The van der Waals surface area contributed by atoms with Crippen molar-refractivity contribution in [3.8, 4) is 17.2 Å². The molecule has 1 heterocycles. The first-order chi connectivity index (χ1) is 14.3. The number of methoxy groups -OCH3 is 1. The Morgan fingerprint density at radius 3 is 2.67 bits per heavy atom. The van der Waals surface area contributed by atoms with E-state index in [4.69, 9.17) is 37.8 Å². The highest BCUT2D eigenvalue weighted by Crippen LogP contribution is 2.44. The van der Waals surface area contributed by atoms with Gasteiger partial charge in [0, 0.05) is 30.8 Å². The largest absolute Gasteiger partial charge is 0.493 e. The molecule has 0 aliphatic heterocycles. The number of aromatic nitrogens is 1. The van der Waals surface area contributed by atoms with Crippen LogP contribution in [-0.2, 0) is 4.79 Å². The van der Waals surface area contributed by atoms with E-state index in [0.29, 0.717) is 39.2 Å². The van der Waals surface area contributed by atoms with Gasteiger partial charge >= 0.3 is 5.97 Å². The molecule has 0 spiro atoms. The highest BCUT2D eigenvalue weighted by Gasteiger charge is 2.19. The summed E-state index contributed by atoms with van der Waals surface area (Å²) in [5, 5.41) is 13.9. The second-order valence-corrected chi connectivity index (χ2v) is 7.78. The fourth-order valence-electron chi connectivity index (χ4n) is 3.14. The third-order valence-corrected chi connectivity index (χ3v) is 5.40. The van der Waals surface area contributed by atoms with Crippen LogP contribution in [0.5, 0.6) is 17.2 Å². The van der Waals surface area contributed by atoms with E-state index in [9.17, 15) is 4.79 Å². The number of carboxylic acids is 1. The monoisotopic (exact) mass is 448 g/mol. The number of aliphatic carboxylic acids is 1. The summed E-state index contributed by atoms with van der Waals surface area (Å²) in [7, 11) is 1.56. The summed E-state index contributed by atoms with van der Waals surface area (Å²) in [5.41, 5.74) is 2.40. The van der Waals surface area contributed by atoms with E-state index in [-0.39, 0.29) is 12.5 Å². The van der Waals surface area contributed by atoms with Crippen molar-refractivity contribution in [1.82, 2.24) is 4.98 Å². The molecule has 1 aromatic heterocycles. The highest BCUT2D eigenvalue weighted by molar-refractivity contribution is 6.42. The Balaban J connectivity index is 2.07. The molecule has 0 bridgehead atoms. The summed E-state index contributed by atoms with van der Waals surface area (Å²) in [4.78, 5) is 15.4. The molecule has 2 aromatic carbocycles. The minimum Gasteiger partial charge on any atom is -0.493 e. The topological polar surface area (TPSA) is 80.7 Å². The molecule has 1 atom stereocenters. The maximum absolute atomic E-state index is 10.9. The molecule has 8 heteroatoms. The fraction of sp³-hybridized carbons (Fsp3) is 0.273. The Hall–Kier alpha value is -2.70. The van der Waals surface area contributed by atoms with Crippen molar-refractivity contribution in [2.45, 2.75) is 32.7 Å².